The maximum Gasteiger partial charge on any atom is 0.339 e. The van der Waals surface area contributed by atoms with Crippen LogP contribution < -0.4 is 0 Å². The van der Waals surface area contributed by atoms with E-state index in [-0.39, 0.29) is 5.92 Å². The van der Waals surface area contributed by atoms with Gasteiger partial charge in [-0.15, -0.1) is 0 Å². The summed E-state index contributed by atoms with van der Waals surface area (Å²) in [7, 11) is 1.33. The zero-order valence-electron chi connectivity index (χ0n) is 24.8. The monoisotopic (exact) mass is 600 g/mol. The van der Waals surface area contributed by atoms with Gasteiger partial charge in [0.25, 0.3) is 0 Å². The summed E-state index contributed by atoms with van der Waals surface area (Å²) in [6, 6.07) is 40.2. The molecule has 6 aromatic rings. The molecule has 0 aliphatic rings. The third-order valence-corrected chi connectivity index (χ3v) is 8.98. The number of rotatable bonds is 8. The molecule has 44 heavy (non-hydrogen) atoms. The minimum absolute atomic E-state index is 0.229. The number of hydrogen-bond acceptors (Lipinski definition) is 4. The molecule has 6 rings (SSSR count). The number of ether oxygens (including phenoxy) is 1. The second kappa shape index (κ2) is 11.8. The van der Waals surface area contributed by atoms with Crippen LogP contribution >= 0.6 is 11.6 Å². The van der Waals surface area contributed by atoms with E-state index in [1.54, 1.807) is 6.07 Å². The van der Waals surface area contributed by atoms with Gasteiger partial charge in [-0.1, -0.05) is 135 Å². The number of hydrogen-bond donors (Lipinski definition) is 1. The van der Waals surface area contributed by atoms with Crippen molar-refractivity contribution in [2.45, 2.75) is 25.0 Å². The van der Waals surface area contributed by atoms with E-state index in [2.05, 4.69) is 41.0 Å². The van der Waals surface area contributed by atoms with Crippen LogP contribution in [0.5, 0.6) is 0 Å². The second-order valence-corrected chi connectivity index (χ2v) is 11.6. The van der Waals surface area contributed by atoms with E-state index in [0.717, 1.165) is 22.1 Å². The molecule has 0 saturated carbocycles. The molecule has 0 bridgehead atoms. The van der Waals surface area contributed by atoms with Crippen LogP contribution in [0.1, 0.15) is 52.2 Å². The smallest absolute Gasteiger partial charge is 0.339 e. The average Bonchev–Trinajstić information content (AvgIpc) is 3.57. The van der Waals surface area contributed by atoms with Crippen molar-refractivity contribution in [1.82, 2.24) is 9.55 Å². The van der Waals surface area contributed by atoms with Crippen LogP contribution in [0.25, 0.3) is 10.8 Å². The predicted molar refractivity (Wildman–Crippen MR) is 175 cm³/mol. The highest BCUT2D eigenvalue weighted by Gasteiger charge is 2.42. The van der Waals surface area contributed by atoms with Gasteiger partial charge in [0.15, 0.2) is 0 Å². The third kappa shape index (κ3) is 4.69. The average molecular weight is 601 g/mol. The van der Waals surface area contributed by atoms with E-state index in [1.165, 1.54) is 7.11 Å². The summed E-state index contributed by atoms with van der Waals surface area (Å²) < 4.78 is 6.99. The van der Waals surface area contributed by atoms with Crippen molar-refractivity contribution in [2.75, 3.05) is 7.11 Å². The Balaban J connectivity index is 1.56. The SMILES string of the molecule is COC(=O)c1ccc2cc(C(O)(c3cn(C(c4ccccc4)(c4ccccc4)c4ccccc4)cn3)C(C)C)ccc2c1Cl. The highest BCUT2D eigenvalue weighted by molar-refractivity contribution is 6.38. The molecular formula is C38H33ClN2O3. The Morgan fingerprint density at radius 1 is 0.795 bits per heavy atom. The number of benzene rings is 5. The first-order valence-corrected chi connectivity index (χ1v) is 14.9. The quantitative estimate of drug-likeness (QED) is 0.141. The highest BCUT2D eigenvalue weighted by atomic mass is 35.5. The van der Waals surface area contributed by atoms with Gasteiger partial charge in [-0.2, -0.15) is 0 Å². The van der Waals surface area contributed by atoms with Gasteiger partial charge in [0.05, 0.1) is 29.7 Å². The molecule has 1 atom stereocenters. The molecule has 0 fully saturated rings. The zero-order chi connectivity index (χ0) is 30.9. The van der Waals surface area contributed by atoms with Gasteiger partial charge >= 0.3 is 5.97 Å². The molecule has 0 aliphatic carbocycles. The Morgan fingerprint density at radius 2 is 1.34 bits per heavy atom. The lowest BCUT2D eigenvalue weighted by atomic mass is 9.76. The number of methoxy groups -OCH3 is 1. The molecule has 1 unspecified atom stereocenters. The van der Waals surface area contributed by atoms with Crippen LogP contribution in [0, 0.1) is 5.92 Å². The first kappa shape index (κ1) is 29.4. The number of esters is 1. The normalized spacial score (nSPS) is 13.1. The van der Waals surface area contributed by atoms with Crippen LogP contribution in [0.3, 0.4) is 0 Å². The second-order valence-electron chi connectivity index (χ2n) is 11.3. The zero-order valence-corrected chi connectivity index (χ0v) is 25.6. The van der Waals surface area contributed by atoms with E-state index >= 15 is 0 Å². The molecule has 1 heterocycles. The fraction of sp³-hybridized carbons (Fsp3) is 0.158. The van der Waals surface area contributed by atoms with E-state index in [0.29, 0.717) is 27.2 Å². The lowest BCUT2D eigenvalue weighted by Crippen LogP contribution is -2.37. The van der Waals surface area contributed by atoms with Gasteiger partial charge in [-0.25, -0.2) is 9.78 Å². The molecule has 0 amide bonds. The Morgan fingerprint density at radius 3 is 1.84 bits per heavy atom. The molecule has 0 radical (unpaired) electrons. The van der Waals surface area contributed by atoms with Gasteiger partial charge in [0.1, 0.15) is 11.1 Å². The van der Waals surface area contributed by atoms with Crippen molar-refractivity contribution in [3.8, 4) is 0 Å². The van der Waals surface area contributed by atoms with E-state index in [4.69, 9.17) is 21.3 Å². The minimum Gasteiger partial charge on any atom is -0.465 e. The van der Waals surface area contributed by atoms with Crippen molar-refractivity contribution in [2.24, 2.45) is 5.92 Å². The van der Waals surface area contributed by atoms with Crippen LogP contribution in [-0.4, -0.2) is 27.7 Å². The fourth-order valence-corrected chi connectivity index (χ4v) is 6.57. The Bertz CT molecular complexity index is 1820. The fourth-order valence-electron chi connectivity index (χ4n) is 6.26. The lowest BCUT2D eigenvalue weighted by Gasteiger charge is -2.37. The van der Waals surface area contributed by atoms with Crippen LogP contribution in [0.4, 0.5) is 0 Å². The molecule has 1 aromatic heterocycles. The van der Waals surface area contributed by atoms with E-state index in [1.807, 2.05) is 105 Å². The molecule has 220 valence electrons. The largest absolute Gasteiger partial charge is 0.465 e. The topological polar surface area (TPSA) is 64.3 Å². The molecule has 6 heteroatoms. The molecular weight excluding hydrogens is 568 g/mol. The third-order valence-electron chi connectivity index (χ3n) is 8.57. The number of aromatic nitrogens is 2. The number of nitrogens with zero attached hydrogens (tertiary/aromatic N) is 2. The summed E-state index contributed by atoms with van der Waals surface area (Å²) in [5, 5.41) is 14.4. The summed E-state index contributed by atoms with van der Waals surface area (Å²) in [5.74, 6) is -0.725. The van der Waals surface area contributed by atoms with Crippen molar-refractivity contribution in [3.05, 3.63) is 172 Å². The van der Waals surface area contributed by atoms with Gasteiger partial charge in [0.2, 0.25) is 0 Å². The minimum atomic E-state index is -1.43. The van der Waals surface area contributed by atoms with Crippen molar-refractivity contribution >= 4 is 28.3 Å². The van der Waals surface area contributed by atoms with Crippen LogP contribution in [0.2, 0.25) is 5.02 Å². The molecule has 0 aliphatic heterocycles. The number of fused-ring (bicyclic) bond motifs is 1. The highest BCUT2D eigenvalue weighted by Crippen LogP contribution is 2.43. The molecule has 1 N–H and O–H groups in total. The van der Waals surface area contributed by atoms with Gasteiger partial charge in [-0.05, 0) is 45.7 Å². The standard InChI is InChI=1S/C38H33ClN2O3/c1-26(2)38(43,31-20-22-32-27(23-31)19-21-33(35(32)39)36(42)44-3)34-24-41(25-40-34)37(28-13-7-4-8-14-28,29-15-9-5-10-16-29)30-17-11-6-12-18-30/h4-26,43H,1-3H3. The maximum absolute atomic E-state index is 12.5. The summed E-state index contributed by atoms with van der Waals surface area (Å²) >= 11 is 6.61. The van der Waals surface area contributed by atoms with E-state index < -0.39 is 17.1 Å². The maximum atomic E-state index is 12.5. The molecule has 5 nitrogen and oxygen atoms in total. The molecule has 0 spiro atoms. The van der Waals surface area contributed by atoms with Crippen LogP contribution in [-0.2, 0) is 15.9 Å². The van der Waals surface area contributed by atoms with Gasteiger partial charge < -0.3 is 14.4 Å². The summed E-state index contributed by atoms with van der Waals surface area (Å²) in [5.41, 5.74) is 2.51. The summed E-state index contributed by atoms with van der Waals surface area (Å²) in [6.45, 7) is 3.96. The van der Waals surface area contributed by atoms with Crippen molar-refractivity contribution in [1.29, 1.82) is 0 Å². The lowest BCUT2D eigenvalue weighted by molar-refractivity contribution is 0.0279. The molecule has 5 aromatic carbocycles. The predicted octanol–water partition coefficient (Wildman–Crippen LogP) is 8.21. The van der Waals surface area contributed by atoms with Crippen LogP contribution in [0.15, 0.2) is 134 Å². The van der Waals surface area contributed by atoms with Gasteiger partial charge in [-0.3, -0.25) is 0 Å². The first-order valence-electron chi connectivity index (χ1n) is 14.6. The Hall–Kier alpha value is -4.71. The van der Waals surface area contributed by atoms with E-state index in [9.17, 15) is 9.90 Å². The Labute approximate surface area is 262 Å². The summed E-state index contributed by atoms with van der Waals surface area (Å²) in [4.78, 5) is 17.1. The summed E-state index contributed by atoms with van der Waals surface area (Å²) in [6.07, 6.45) is 3.78. The van der Waals surface area contributed by atoms with Crippen molar-refractivity contribution < 1.29 is 14.6 Å². The van der Waals surface area contributed by atoms with Crippen molar-refractivity contribution in [3.63, 3.8) is 0 Å². The number of halogens is 1. The number of carbonyl (C=O) groups is 1. The van der Waals surface area contributed by atoms with Gasteiger partial charge in [0, 0.05) is 11.6 Å². The molecule has 0 saturated heterocycles. The first-order chi connectivity index (χ1) is 21.3. The number of aliphatic hydroxyl groups is 1. The number of carbonyl (C=O) groups excluding carboxylic acids is 1. The number of imidazole rings is 1. The Kier molecular flexibility index (Phi) is 7.85.